The van der Waals surface area contributed by atoms with Crippen LogP contribution in [0.5, 0.6) is 0 Å². The Kier molecular flexibility index (Phi) is 5.68. The average Bonchev–Trinajstić information content (AvgIpc) is 2.56. The van der Waals surface area contributed by atoms with Crippen molar-refractivity contribution >= 4 is 17.4 Å². The number of anilines is 2. The zero-order chi connectivity index (χ0) is 16.8. The topological polar surface area (TPSA) is 58.1 Å². The average molecular weight is 312 g/mol. The number of carbonyl (C=O) groups is 1. The lowest BCUT2D eigenvalue weighted by Crippen LogP contribution is -2.21. The van der Waals surface area contributed by atoms with Crippen molar-refractivity contribution in [2.45, 2.75) is 33.6 Å². The van der Waals surface area contributed by atoms with Crippen LogP contribution >= 0.6 is 0 Å². The Bertz CT molecular complexity index is 684. The third-order valence-electron chi connectivity index (χ3n) is 3.76. The van der Waals surface area contributed by atoms with E-state index in [1.54, 1.807) is 6.07 Å². The zero-order valence-corrected chi connectivity index (χ0v) is 14.3. The molecule has 2 rings (SSSR count). The molecule has 1 aromatic heterocycles. The predicted octanol–water partition coefficient (Wildman–Crippen LogP) is 3.58. The number of rotatable bonds is 6. The molecular formula is C18H24N4O. The molecule has 0 unspecified atom stereocenters. The summed E-state index contributed by atoms with van der Waals surface area (Å²) in [5.74, 6) is 0.547. The number of carbonyl (C=O) groups excluding carboxylic acids is 1. The highest BCUT2D eigenvalue weighted by molar-refractivity contribution is 6.03. The van der Waals surface area contributed by atoms with Gasteiger partial charge in [-0.25, -0.2) is 9.97 Å². The zero-order valence-electron chi connectivity index (χ0n) is 14.3. The number of unbranched alkanes of at least 4 members (excludes halogenated alkanes) is 1. The third kappa shape index (κ3) is 4.52. The number of hydrogen-bond acceptors (Lipinski definition) is 4. The maximum Gasteiger partial charge on any atom is 0.274 e. The predicted molar refractivity (Wildman–Crippen MR) is 94.1 cm³/mol. The van der Waals surface area contributed by atoms with E-state index in [2.05, 4.69) is 22.2 Å². The molecule has 5 heteroatoms. The molecule has 1 heterocycles. The monoisotopic (exact) mass is 312 g/mol. The summed E-state index contributed by atoms with van der Waals surface area (Å²) in [5, 5.41) is 2.93. The summed E-state index contributed by atoms with van der Waals surface area (Å²) in [6.45, 7) is 7.03. The Hall–Kier alpha value is -2.43. The Balaban J connectivity index is 2.15. The lowest BCUT2D eigenvalue weighted by atomic mass is 10.1. The molecule has 2 aromatic rings. The van der Waals surface area contributed by atoms with E-state index in [1.807, 2.05) is 44.0 Å². The normalized spacial score (nSPS) is 10.4. The van der Waals surface area contributed by atoms with Gasteiger partial charge in [0.25, 0.3) is 5.91 Å². The van der Waals surface area contributed by atoms with Gasteiger partial charge in [0.15, 0.2) is 0 Å². The standard InChI is InChI=1S/C18H24N4O/c1-5-6-9-22(4)17-11-16(19-12-20-17)18(23)21-15-10-13(2)7-8-14(15)3/h7-8,10-12H,5-6,9H2,1-4H3,(H,21,23). The summed E-state index contributed by atoms with van der Waals surface area (Å²) in [7, 11) is 1.98. The first-order chi connectivity index (χ1) is 11.0. The van der Waals surface area contributed by atoms with Crippen molar-refractivity contribution in [1.82, 2.24) is 9.97 Å². The lowest BCUT2D eigenvalue weighted by molar-refractivity contribution is 0.102. The van der Waals surface area contributed by atoms with Crippen LogP contribution in [0, 0.1) is 13.8 Å². The number of hydrogen-bond donors (Lipinski definition) is 1. The molecule has 0 aliphatic carbocycles. The molecule has 23 heavy (non-hydrogen) atoms. The Morgan fingerprint density at radius 2 is 2.00 bits per heavy atom. The van der Waals surface area contributed by atoms with Gasteiger partial charge in [0.2, 0.25) is 0 Å². The molecule has 0 radical (unpaired) electrons. The molecule has 1 N–H and O–H groups in total. The quantitative estimate of drug-likeness (QED) is 0.885. The van der Waals surface area contributed by atoms with Gasteiger partial charge >= 0.3 is 0 Å². The molecule has 0 fully saturated rings. The van der Waals surface area contributed by atoms with Crippen molar-refractivity contribution < 1.29 is 4.79 Å². The molecular weight excluding hydrogens is 288 g/mol. The fourth-order valence-corrected chi connectivity index (χ4v) is 2.25. The second kappa shape index (κ2) is 7.72. The molecule has 0 aliphatic rings. The maximum absolute atomic E-state index is 12.4. The van der Waals surface area contributed by atoms with Crippen LogP contribution in [-0.4, -0.2) is 29.5 Å². The molecule has 1 amide bonds. The molecule has 0 saturated carbocycles. The van der Waals surface area contributed by atoms with Crippen molar-refractivity contribution in [2.75, 3.05) is 23.8 Å². The highest BCUT2D eigenvalue weighted by atomic mass is 16.1. The fraction of sp³-hybridized carbons (Fsp3) is 0.389. The molecule has 122 valence electrons. The van der Waals surface area contributed by atoms with Gasteiger partial charge in [0.05, 0.1) is 0 Å². The SMILES string of the molecule is CCCCN(C)c1cc(C(=O)Nc2cc(C)ccc2C)ncn1. The minimum atomic E-state index is -0.216. The van der Waals surface area contributed by atoms with Crippen LogP contribution in [0.1, 0.15) is 41.4 Å². The Labute approximate surface area is 137 Å². The van der Waals surface area contributed by atoms with Gasteiger partial charge in [-0.1, -0.05) is 25.5 Å². The number of nitrogens with one attached hydrogen (secondary N) is 1. The largest absolute Gasteiger partial charge is 0.360 e. The van der Waals surface area contributed by atoms with E-state index in [0.29, 0.717) is 5.69 Å². The van der Waals surface area contributed by atoms with Crippen LogP contribution < -0.4 is 10.2 Å². The van der Waals surface area contributed by atoms with E-state index in [-0.39, 0.29) is 5.91 Å². The van der Waals surface area contributed by atoms with Crippen molar-refractivity contribution in [3.05, 3.63) is 47.4 Å². The number of amides is 1. The van der Waals surface area contributed by atoms with Crippen molar-refractivity contribution in [2.24, 2.45) is 0 Å². The second-order valence-electron chi connectivity index (χ2n) is 5.81. The molecule has 0 spiro atoms. The van der Waals surface area contributed by atoms with Crippen LogP contribution in [-0.2, 0) is 0 Å². The summed E-state index contributed by atoms with van der Waals surface area (Å²) in [4.78, 5) is 22.8. The third-order valence-corrected chi connectivity index (χ3v) is 3.76. The molecule has 1 aromatic carbocycles. The van der Waals surface area contributed by atoms with Crippen molar-refractivity contribution in [3.63, 3.8) is 0 Å². The van der Waals surface area contributed by atoms with Crippen LogP contribution in [0.25, 0.3) is 0 Å². The second-order valence-corrected chi connectivity index (χ2v) is 5.81. The Morgan fingerprint density at radius 3 is 2.74 bits per heavy atom. The number of aryl methyl sites for hydroxylation is 2. The van der Waals surface area contributed by atoms with Crippen LogP contribution in [0.2, 0.25) is 0 Å². The van der Waals surface area contributed by atoms with Gasteiger partial charge in [0, 0.05) is 25.3 Å². The van der Waals surface area contributed by atoms with E-state index in [9.17, 15) is 4.79 Å². The maximum atomic E-state index is 12.4. The molecule has 0 saturated heterocycles. The Morgan fingerprint density at radius 1 is 1.22 bits per heavy atom. The summed E-state index contributed by atoms with van der Waals surface area (Å²) in [5.41, 5.74) is 3.32. The van der Waals surface area contributed by atoms with Crippen molar-refractivity contribution in [3.8, 4) is 0 Å². The van der Waals surface area contributed by atoms with E-state index in [1.165, 1.54) is 6.33 Å². The highest BCUT2D eigenvalue weighted by Gasteiger charge is 2.12. The van der Waals surface area contributed by atoms with E-state index in [4.69, 9.17) is 0 Å². The summed E-state index contributed by atoms with van der Waals surface area (Å²) in [6, 6.07) is 7.71. The molecule has 0 atom stereocenters. The van der Waals surface area contributed by atoms with Crippen molar-refractivity contribution in [1.29, 1.82) is 0 Å². The lowest BCUT2D eigenvalue weighted by Gasteiger charge is -2.17. The smallest absolute Gasteiger partial charge is 0.274 e. The van der Waals surface area contributed by atoms with Gasteiger partial charge in [-0.15, -0.1) is 0 Å². The first-order valence-electron chi connectivity index (χ1n) is 7.93. The van der Waals surface area contributed by atoms with Gasteiger partial charge < -0.3 is 10.2 Å². The minimum Gasteiger partial charge on any atom is -0.360 e. The minimum absolute atomic E-state index is 0.216. The summed E-state index contributed by atoms with van der Waals surface area (Å²) < 4.78 is 0. The van der Waals surface area contributed by atoms with Gasteiger partial charge in [-0.05, 0) is 37.5 Å². The first-order valence-corrected chi connectivity index (χ1v) is 7.93. The van der Waals surface area contributed by atoms with Gasteiger partial charge in [-0.3, -0.25) is 4.79 Å². The molecule has 0 aliphatic heterocycles. The fourth-order valence-electron chi connectivity index (χ4n) is 2.25. The van der Waals surface area contributed by atoms with Crippen LogP contribution in [0.15, 0.2) is 30.6 Å². The van der Waals surface area contributed by atoms with Crippen LogP contribution in [0.3, 0.4) is 0 Å². The summed E-state index contributed by atoms with van der Waals surface area (Å²) >= 11 is 0. The number of nitrogens with zero attached hydrogens (tertiary/aromatic N) is 3. The van der Waals surface area contributed by atoms with E-state index < -0.39 is 0 Å². The van der Waals surface area contributed by atoms with E-state index >= 15 is 0 Å². The van der Waals surface area contributed by atoms with Crippen LogP contribution in [0.4, 0.5) is 11.5 Å². The number of aromatic nitrogens is 2. The van der Waals surface area contributed by atoms with Gasteiger partial charge in [-0.2, -0.15) is 0 Å². The number of benzene rings is 1. The first kappa shape index (κ1) is 16.9. The molecule has 5 nitrogen and oxygen atoms in total. The highest BCUT2D eigenvalue weighted by Crippen LogP contribution is 2.18. The summed E-state index contributed by atoms with van der Waals surface area (Å²) in [6.07, 6.45) is 3.65. The molecule has 0 bridgehead atoms. The van der Waals surface area contributed by atoms with E-state index in [0.717, 1.165) is 42.0 Å². The van der Waals surface area contributed by atoms with Gasteiger partial charge in [0.1, 0.15) is 17.8 Å².